The number of aryl methyl sites for hydroxylation is 1. The fourth-order valence-corrected chi connectivity index (χ4v) is 2.17. The Morgan fingerprint density at radius 1 is 1.69 bits per heavy atom. The van der Waals surface area contributed by atoms with Crippen molar-refractivity contribution in [2.45, 2.75) is 18.8 Å². The Hall–Kier alpha value is -1.36. The normalized spacial score (nSPS) is 20.8. The van der Waals surface area contributed by atoms with Gasteiger partial charge in [0.2, 0.25) is 0 Å². The lowest BCUT2D eigenvalue weighted by atomic mass is 9.96. The van der Waals surface area contributed by atoms with Gasteiger partial charge >= 0.3 is 5.97 Å². The van der Waals surface area contributed by atoms with Crippen molar-refractivity contribution >= 4 is 5.97 Å². The topological polar surface area (TPSA) is 56.1 Å². The van der Waals surface area contributed by atoms with Gasteiger partial charge in [-0.05, 0) is 25.5 Å². The van der Waals surface area contributed by atoms with Gasteiger partial charge in [0.1, 0.15) is 0 Å². The number of methoxy groups -OCH3 is 1. The SMILES string of the molecule is COC(=O)c1cc(C2CCCNC2)n(C)n1. The van der Waals surface area contributed by atoms with Crippen LogP contribution < -0.4 is 5.32 Å². The van der Waals surface area contributed by atoms with Crippen molar-refractivity contribution in [1.29, 1.82) is 0 Å². The average Bonchev–Trinajstić information content (AvgIpc) is 2.71. The molecule has 1 aliphatic rings. The van der Waals surface area contributed by atoms with Gasteiger partial charge in [-0.2, -0.15) is 5.10 Å². The molecule has 5 nitrogen and oxygen atoms in total. The molecule has 1 aliphatic heterocycles. The molecule has 0 radical (unpaired) electrons. The van der Waals surface area contributed by atoms with Gasteiger partial charge in [0, 0.05) is 25.2 Å². The molecule has 0 amide bonds. The van der Waals surface area contributed by atoms with E-state index < -0.39 is 0 Å². The maximum atomic E-state index is 11.3. The van der Waals surface area contributed by atoms with Crippen LogP contribution >= 0.6 is 0 Å². The molecule has 1 aromatic heterocycles. The molecule has 1 N–H and O–H groups in total. The molecule has 16 heavy (non-hydrogen) atoms. The first-order valence-corrected chi connectivity index (χ1v) is 5.55. The molecule has 5 heteroatoms. The molecular formula is C11H17N3O2. The van der Waals surface area contributed by atoms with Crippen molar-refractivity contribution in [3.05, 3.63) is 17.5 Å². The summed E-state index contributed by atoms with van der Waals surface area (Å²) in [6.45, 7) is 2.04. The molecule has 1 atom stereocenters. The van der Waals surface area contributed by atoms with E-state index in [1.165, 1.54) is 13.5 Å². The Bertz CT molecular complexity index is 381. The van der Waals surface area contributed by atoms with Crippen molar-refractivity contribution in [2.75, 3.05) is 20.2 Å². The van der Waals surface area contributed by atoms with E-state index in [0.717, 1.165) is 25.2 Å². The number of carbonyl (C=O) groups is 1. The number of carbonyl (C=O) groups excluding carboxylic acids is 1. The van der Waals surface area contributed by atoms with E-state index in [4.69, 9.17) is 0 Å². The fraction of sp³-hybridized carbons (Fsp3) is 0.636. The minimum absolute atomic E-state index is 0.370. The van der Waals surface area contributed by atoms with E-state index in [2.05, 4.69) is 15.2 Å². The molecule has 0 saturated carbocycles. The highest BCUT2D eigenvalue weighted by Gasteiger charge is 2.21. The van der Waals surface area contributed by atoms with Crippen LogP contribution in [0, 0.1) is 0 Å². The van der Waals surface area contributed by atoms with Crippen LogP contribution in [0.5, 0.6) is 0 Å². The van der Waals surface area contributed by atoms with Crippen LogP contribution in [0.4, 0.5) is 0 Å². The number of esters is 1. The van der Waals surface area contributed by atoms with Crippen LogP contribution in [0.2, 0.25) is 0 Å². The summed E-state index contributed by atoms with van der Waals surface area (Å²) in [6.07, 6.45) is 2.32. The number of hydrogen-bond acceptors (Lipinski definition) is 4. The maximum Gasteiger partial charge on any atom is 0.358 e. The van der Waals surface area contributed by atoms with Gasteiger partial charge in [-0.1, -0.05) is 0 Å². The Kier molecular flexibility index (Phi) is 3.24. The predicted octanol–water partition coefficient (Wildman–Crippen LogP) is 0.674. The molecule has 0 bridgehead atoms. The third kappa shape index (κ3) is 2.09. The van der Waals surface area contributed by atoms with Gasteiger partial charge in [-0.3, -0.25) is 4.68 Å². The summed E-state index contributed by atoms with van der Waals surface area (Å²) in [6, 6.07) is 1.84. The number of nitrogens with zero attached hydrogens (tertiary/aromatic N) is 2. The van der Waals surface area contributed by atoms with Crippen molar-refractivity contribution in [1.82, 2.24) is 15.1 Å². The summed E-state index contributed by atoms with van der Waals surface area (Å²) in [4.78, 5) is 11.3. The highest BCUT2D eigenvalue weighted by Crippen LogP contribution is 2.23. The van der Waals surface area contributed by atoms with E-state index in [0.29, 0.717) is 11.6 Å². The second-order valence-corrected chi connectivity index (χ2v) is 4.11. The lowest BCUT2D eigenvalue weighted by Crippen LogP contribution is -2.29. The maximum absolute atomic E-state index is 11.3. The molecule has 0 spiro atoms. The van der Waals surface area contributed by atoms with E-state index in [1.54, 1.807) is 4.68 Å². The zero-order valence-electron chi connectivity index (χ0n) is 9.69. The molecular weight excluding hydrogens is 206 g/mol. The van der Waals surface area contributed by atoms with Gasteiger partial charge in [0.05, 0.1) is 7.11 Å². The zero-order chi connectivity index (χ0) is 11.5. The molecule has 1 unspecified atom stereocenters. The van der Waals surface area contributed by atoms with Gasteiger partial charge in [0.25, 0.3) is 0 Å². The van der Waals surface area contributed by atoms with Crippen LogP contribution in [-0.4, -0.2) is 35.9 Å². The number of hydrogen-bond donors (Lipinski definition) is 1. The second kappa shape index (κ2) is 4.65. The van der Waals surface area contributed by atoms with Gasteiger partial charge in [-0.15, -0.1) is 0 Å². The summed E-state index contributed by atoms with van der Waals surface area (Å²) >= 11 is 0. The lowest BCUT2D eigenvalue weighted by Gasteiger charge is -2.22. The standard InChI is InChI=1S/C11H17N3O2/c1-14-10(8-4-3-5-12-7-8)6-9(13-14)11(15)16-2/h6,8,12H,3-5,7H2,1-2H3. The van der Waals surface area contributed by atoms with E-state index in [-0.39, 0.29) is 5.97 Å². The molecule has 1 saturated heterocycles. The summed E-state index contributed by atoms with van der Waals surface area (Å²) in [5.74, 6) is 0.0790. The van der Waals surface area contributed by atoms with Crippen LogP contribution in [0.3, 0.4) is 0 Å². The van der Waals surface area contributed by atoms with Crippen molar-refractivity contribution in [3.8, 4) is 0 Å². The summed E-state index contributed by atoms with van der Waals surface area (Å²) in [5, 5.41) is 7.53. The number of rotatable bonds is 2. The molecule has 1 aromatic rings. The van der Waals surface area contributed by atoms with Crippen molar-refractivity contribution in [2.24, 2.45) is 7.05 Å². The third-order valence-electron chi connectivity index (χ3n) is 3.03. The quantitative estimate of drug-likeness (QED) is 0.749. The van der Waals surface area contributed by atoms with Crippen LogP contribution in [0.1, 0.15) is 34.9 Å². The number of ether oxygens (including phenoxy) is 1. The molecule has 1 fully saturated rings. The van der Waals surface area contributed by atoms with Gasteiger partial charge < -0.3 is 10.1 Å². The molecule has 0 aliphatic carbocycles. The second-order valence-electron chi connectivity index (χ2n) is 4.11. The highest BCUT2D eigenvalue weighted by molar-refractivity contribution is 5.87. The Balaban J connectivity index is 2.20. The fourth-order valence-electron chi connectivity index (χ4n) is 2.17. The minimum atomic E-state index is -0.370. The Morgan fingerprint density at radius 3 is 3.12 bits per heavy atom. The average molecular weight is 223 g/mol. The van der Waals surface area contributed by atoms with Crippen LogP contribution in [-0.2, 0) is 11.8 Å². The van der Waals surface area contributed by atoms with Gasteiger partial charge in [-0.25, -0.2) is 4.79 Å². The lowest BCUT2D eigenvalue weighted by molar-refractivity contribution is 0.0593. The van der Waals surface area contributed by atoms with E-state index in [1.807, 2.05) is 13.1 Å². The molecule has 88 valence electrons. The largest absolute Gasteiger partial charge is 0.464 e. The number of aromatic nitrogens is 2. The summed E-state index contributed by atoms with van der Waals surface area (Å²) < 4.78 is 6.44. The Morgan fingerprint density at radius 2 is 2.50 bits per heavy atom. The first-order chi connectivity index (χ1) is 7.72. The van der Waals surface area contributed by atoms with Crippen molar-refractivity contribution in [3.63, 3.8) is 0 Å². The smallest absolute Gasteiger partial charge is 0.358 e. The van der Waals surface area contributed by atoms with E-state index in [9.17, 15) is 4.79 Å². The molecule has 2 rings (SSSR count). The zero-order valence-corrected chi connectivity index (χ0v) is 9.69. The number of nitrogens with one attached hydrogen (secondary N) is 1. The van der Waals surface area contributed by atoms with E-state index >= 15 is 0 Å². The first kappa shape index (κ1) is 11.1. The van der Waals surface area contributed by atoms with Gasteiger partial charge in [0.15, 0.2) is 5.69 Å². The van der Waals surface area contributed by atoms with Crippen molar-refractivity contribution < 1.29 is 9.53 Å². The summed E-state index contributed by atoms with van der Waals surface area (Å²) in [7, 11) is 3.25. The van der Waals surface area contributed by atoms with Crippen LogP contribution in [0.15, 0.2) is 6.07 Å². The Labute approximate surface area is 94.8 Å². The minimum Gasteiger partial charge on any atom is -0.464 e. The molecule has 2 heterocycles. The molecule has 0 aromatic carbocycles. The predicted molar refractivity (Wildman–Crippen MR) is 59.4 cm³/mol. The first-order valence-electron chi connectivity index (χ1n) is 5.55. The monoisotopic (exact) mass is 223 g/mol. The summed E-state index contributed by atoms with van der Waals surface area (Å²) in [5.41, 5.74) is 1.50. The van der Waals surface area contributed by atoms with Crippen LogP contribution in [0.25, 0.3) is 0 Å². The number of piperidine rings is 1. The third-order valence-corrected chi connectivity index (χ3v) is 3.03. The highest BCUT2D eigenvalue weighted by atomic mass is 16.5.